The molecule has 4 nitrogen and oxygen atoms in total. The zero-order valence-corrected chi connectivity index (χ0v) is 13.4. The summed E-state index contributed by atoms with van der Waals surface area (Å²) in [5.41, 5.74) is 2.69. The standard InChI is InChI=1S/C21H15N3O/c25-20-19(16-10-4-1-5-11-16)23-21(22-17-12-6-2-7-13-17)24(20)18-14-8-3-9-15-18/h1-15H. The van der Waals surface area contributed by atoms with E-state index in [0.29, 0.717) is 11.7 Å². The molecule has 1 aliphatic heterocycles. The summed E-state index contributed by atoms with van der Waals surface area (Å²) in [5, 5.41) is 0. The van der Waals surface area contributed by atoms with E-state index in [1.165, 1.54) is 0 Å². The Bertz CT molecular complexity index is 948. The molecule has 4 rings (SSSR count). The first-order valence-corrected chi connectivity index (χ1v) is 8.00. The SMILES string of the molecule is O=C1C(c2ccccc2)=NC(=Nc2ccccc2)N1c1ccccc1. The first-order chi connectivity index (χ1) is 12.3. The van der Waals surface area contributed by atoms with E-state index in [0.717, 1.165) is 16.9 Å². The molecule has 1 heterocycles. The number of aliphatic imine (C=N–C) groups is 2. The van der Waals surface area contributed by atoms with Crippen LogP contribution < -0.4 is 4.90 Å². The highest BCUT2D eigenvalue weighted by Crippen LogP contribution is 2.24. The minimum absolute atomic E-state index is 0.174. The first-order valence-electron chi connectivity index (χ1n) is 8.00. The lowest BCUT2D eigenvalue weighted by Crippen LogP contribution is -2.33. The zero-order chi connectivity index (χ0) is 17.1. The fraction of sp³-hybridized carbons (Fsp3) is 0. The Morgan fingerprint density at radius 1 is 0.720 bits per heavy atom. The quantitative estimate of drug-likeness (QED) is 0.711. The van der Waals surface area contributed by atoms with Gasteiger partial charge in [-0.25, -0.2) is 14.9 Å². The highest BCUT2D eigenvalue weighted by molar-refractivity contribution is 6.58. The van der Waals surface area contributed by atoms with E-state index in [1.54, 1.807) is 4.90 Å². The number of benzene rings is 3. The number of guanidine groups is 1. The molecule has 0 radical (unpaired) electrons. The van der Waals surface area contributed by atoms with Crippen LogP contribution in [0.25, 0.3) is 0 Å². The van der Waals surface area contributed by atoms with Crippen molar-refractivity contribution in [3.05, 3.63) is 96.6 Å². The number of carbonyl (C=O) groups excluding carboxylic acids is 1. The molecule has 25 heavy (non-hydrogen) atoms. The first kappa shape index (κ1) is 15.0. The summed E-state index contributed by atoms with van der Waals surface area (Å²) in [6.07, 6.45) is 0. The second-order valence-electron chi connectivity index (χ2n) is 5.55. The molecule has 1 aliphatic rings. The maximum absolute atomic E-state index is 13.0. The number of carbonyl (C=O) groups is 1. The van der Waals surface area contributed by atoms with Crippen LogP contribution in [0.3, 0.4) is 0 Å². The number of rotatable bonds is 3. The van der Waals surface area contributed by atoms with Gasteiger partial charge in [0.25, 0.3) is 5.91 Å². The number of amides is 1. The van der Waals surface area contributed by atoms with E-state index >= 15 is 0 Å². The molecule has 3 aromatic rings. The van der Waals surface area contributed by atoms with Gasteiger partial charge in [0, 0.05) is 5.56 Å². The summed E-state index contributed by atoms with van der Waals surface area (Å²) in [6, 6.07) is 28.4. The molecule has 0 spiro atoms. The van der Waals surface area contributed by atoms with Crippen molar-refractivity contribution in [3.8, 4) is 0 Å². The third kappa shape index (κ3) is 2.97. The summed E-state index contributed by atoms with van der Waals surface area (Å²) >= 11 is 0. The minimum Gasteiger partial charge on any atom is -0.266 e. The monoisotopic (exact) mass is 325 g/mol. The Morgan fingerprint density at radius 2 is 1.28 bits per heavy atom. The highest BCUT2D eigenvalue weighted by Gasteiger charge is 2.33. The van der Waals surface area contributed by atoms with E-state index in [1.807, 2.05) is 91.0 Å². The minimum atomic E-state index is -0.174. The van der Waals surface area contributed by atoms with Crippen LogP contribution in [0, 0.1) is 0 Å². The molecule has 0 aliphatic carbocycles. The Hall–Kier alpha value is -3.53. The average molecular weight is 325 g/mol. The normalized spacial score (nSPS) is 15.5. The second kappa shape index (κ2) is 6.53. The zero-order valence-electron chi connectivity index (χ0n) is 13.4. The van der Waals surface area contributed by atoms with Crippen LogP contribution in [-0.2, 0) is 4.79 Å². The van der Waals surface area contributed by atoms with Crippen molar-refractivity contribution in [2.75, 3.05) is 4.90 Å². The van der Waals surface area contributed by atoms with Gasteiger partial charge < -0.3 is 0 Å². The molecular formula is C21H15N3O. The third-order valence-electron chi connectivity index (χ3n) is 3.86. The van der Waals surface area contributed by atoms with Crippen molar-refractivity contribution in [2.45, 2.75) is 0 Å². The maximum Gasteiger partial charge on any atom is 0.284 e. The van der Waals surface area contributed by atoms with Gasteiger partial charge in [0.2, 0.25) is 5.96 Å². The van der Waals surface area contributed by atoms with Crippen molar-refractivity contribution < 1.29 is 4.79 Å². The molecule has 3 aromatic carbocycles. The Morgan fingerprint density at radius 3 is 1.92 bits per heavy atom. The number of nitrogens with zero attached hydrogens (tertiary/aromatic N) is 3. The number of hydrogen-bond acceptors (Lipinski definition) is 2. The Labute approximate surface area is 145 Å². The average Bonchev–Trinajstić information content (AvgIpc) is 3.00. The van der Waals surface area contributed by atoms with Crippen molar-refractivity contribution in [3.63, 3.8) is 0 Å². The lowest BCUT2D eigenvalue weighted by Gasteiger charge is -2.15. The maximum atomic E-state index is 13.0. The van der Waals surface area contributed by atoms with E-state index < -0.39 is 0 Å². The molecule has 0 fully saturated rings. The fourth-order valence-corrected chi connectivity index (χ4v) is 2.68. The topological polar surface area (TPSA) is 45.0 Å². The predicted octanol–water partition coefficient (Wildman–Crippen LogP) is 4.21. The van der Waals surface area contributed by atoms with E-state index in [2.05, 4.69) is 9.98 Å². The molecule has 0 atom stereocenters. The second-order valence-corrected chi connectivity index (χ2v) is 5.55. The van der Waals surface area contributed by atoms with Crippen LogP contribution in [0.5, 0.6) is 0 Å². The van der Waals surface area contributed by atoms with Crippen LogP contribution in [0.4, 0.5) is 11.4 Å². The van der Waals surface area contributed by atoms with Gasteiger partial charge >= 0.3 is 0 Å². The molecule has 0 saturated carbocycles. The Kier molecular flexibility index (Phi) is 3.92. The molecule has 0 unspecified atom stereocenters. The van der Waals surface area contributed by atoms with Gasteiger partial charge in [-0.1, -0.05) is 66.7 Å². The van der Waals surface area contributed by atoms with Gasteiger partial charge in [0.05, 0.1) is 11.4 Å². The van der Waals surface area contributed by atoms with Gasteiger partial charge in [-0.05, 0) is 24.3 Å². The van der Waals surface area contributed by atoms with E-state index in [4.69, 9.17) is 0 Å². The van der Waals surface area contributed by atoms with Gasteiger partial charge in [0.15, 0.2) is 0 Å². The van der Waals surface area contributed by atoms with Gasteiger partial charge in [0.1, 0.15) is 5.71 Å². The predicted molar refractivity (Wildman–Crippen MR) is 100 cm³/mol. The summed E-state index contributed by atoms with van der Waals surface area (Å²) in [7, 11) is 0. The fourth-order valence-electron chi connectivity index (χ4n) is 2.68. The summed E-state index contributed by atoms with van der Waals surface area (Å²) in [4.78, 5) is 23.7. The summed E-state index contributed by atoms with van der Waals surface area (Å²) in [6.45, 7) is 0. The lowest BCUT2D eigenvalue weighted by molar-refractivity contribution is -0.111. The van der Waals surface area contributed by atoms with Crippen molar-refractivity contribution in [1.29, 1.82) is 0 Å². The molecule has 0 saturated heterocycles. The summed E-state index contributed by atoms with van der Waals surface area (Å²) < 4.78 is 0. The van der Waals surface area contributed by atoms with Crippen molar-refractivity contribution in [1.82, 2.24) is 0 Å². The van der Waals surface area contributed by atoms with Crippen LogP contribution in [0.2, 0.25) is 0 Å². The van der Waals surface area contributed by atoms with E-state index in [9.17, 15) is 4.79 Å². The molecule has 4 heteroatoms. The van der Waals surface area contributed by atoms with Crippen LogP contribution >= 0.6 is 0 Å². The van der Waals surface area contributed by atoms with Crippen LogP contribution in [-0.4, -0.2) is 17.6 Å². The molecule has 0 aromatic heterocycles. The highest BCUT2D eigenvalue weighted by atomic mass is 16.2. The van der Waals surface area contributed by atoms with Crippen molar-refractivity contribution >= 4 is 29.0 Å². The largest absolute Gasteiger partial charge is 0.284 e. The molecule has 120 valence electrons. The number of para-hydroxylation sites is 2. The van der Waals surface area contributed by atoms with E-state index in [-0.39, 0.29) is 5.91 Å². The molecule has 1 amide bonds. The Balaban J connectivity index is 1.83. The van der Waals surface area contributed by atoms with Crippen molar-refractivity contribution in [2.24, 2.45) is 9.98 Å². The van der Waals surface area contributed by atoms with Gasteiger partial charge in [-0.3, -0.25) is 4.79 Å². The molecule has 0 N–H and O–H groups in total. The number of hydrogen-bond donors (Lipinski definition) is 0. The van der Waals surface area contributed by atoms with Crippen LogP contribution in [0.15, 0.2) is 101 Å². The molecular weight excluding hydrogens is 310 g/mol. The van der Waals surface area contributed by atoms with Gasteiger partial charge in [-0.15, -0.1) is 0 Å². The molecule has 0 bridgehead atoms. The third-order valence-corrected chi connectivity index (χ3v) is 3.86. The summed E-state index contributed by atoms with van der Waals surface area (Å²) in [5.74, 6) is 0.202. The van der Waals surface area contributed by atoms with Crippen LogP contribution in [0.1, 0.15) is 5.56 Å². The van der Waals surface area contributed by atoms with Gasteiger partial charge in [-0.2, -0.15) is 0 Å². The lowest BCUT2D eigenvalue weighted by atomic mass is 10.1. The smallest absolute Gasteiger partial charge is 0.266 e. The number of anilines is 1.